The van der Waals surface area contributed by atoms with Gasteiger partial charge in [0, 0.05) is 6.04 Å². The number of aliphatic hydroxyl groups is 1. The van der Waals surface area contributed by atoms with Crippen LogP contribution in [0.25, 0.3) is 0 Å². The number of hydrogen-bond donors (Lipinski definition) is 2. The molecule has 0 heterocycles. The smallest absolute Gasteiger partial charge is 0.133 e. The first-order valence-corrected chi connectivity index (χ1v) is 7.22. The van der Waals surface area contributed by atoms with Gasteiger partial charge in [0.1, 0.15) is 5.75 Å². The molecule has 2 aromatic rings. The summed E-state index contributed by atoms with van der Waals surface area (Å²) in [5.41, 5.74) is 8.00. The number of halogens is 1. The molecule has 0 radical (unpaired) electrons. The molecule has 2 aromatic carbocycles. The first-order chi connectivity index (χ1) is 9.61. The maximum atomic E-state index is 10.4. The first-order valence-electron chi connectivity index (χ1n) is 6.43. The lowest BCUT2D eigenvalue weighted by atomic mass is 9.97. The van der Waals surface area contributed by atoms with E-state index in [1.807, 2.05) is 48.5 Å². The Labute approximate surface area is 127 Å². The van der Waals surface area contributed by atoms with Crippen molar-refractivity contribution in [3.05, 3.63) is 64.1 Å². The van der Waals surface area contributed by atoms with Gasteiger partial charge in [-0.3, -0.25) is 0 Å². The quantitative estimate of drug-likeness (QED) is 0.882. The Morgan fingerprint density at radius 2 is 1.90 bits per heavy atom. The van der Waals surface area contributed by atoms with E-state index in [9.17, 15) is 5.11 Å². The fourth-order valence-corrected chi connectivity index (χ4v) is 2.67. The van der Waals surface area contributed by atoms with Crippen LogP contribution in [0, 0.1) is 0 Å². The molecule has 0 amide bonds. The standard InChI is InChI=1S/C16H18BrNO2/c1-20-15-8-7-12(10-13(15)17)16(19)14(18)9-11-5-3-2-4-6-11/h2-8,10,14,16,19H,9,18H2,1H3. The molecule has 0 saturated heterocycles. The number of benzene rings is 2. The van der Waals surface area contributed by atoms with Crippen molar-refractivity contribution < 1.29 is 9.84 Å². The fourth-order valence-electron chi connectivity index (χ4n) is 2.11. The van der Waals surface area contributed by atoms with Crippen molar-refractivity contribution in [1.82, 2.24) is 0 Å². The highest BCUT2D eigenvalue weighted by Crippen LogP contribution is 2.29. The molecule has 106 valence electrons. The summed E-state index contributed by atoms with van der Waals surface area (Å²) in [6, 6.07) is 15.1. The third kappa shape index (κ3) is 3.60. The number of nitrogens with two attached hydrogens (primary N) is 1. The molecule has 3 nitrogen and oxygen atoms in total. The average Bonchev–Trinajstić information content (AvgIpc) is 2.47. The van der Waals surface area contributed by atoms with E-state index in [2.05, 4.69) is 15.9 Å². The maximum absolute atomic E-state index is 10.4. The molecule has 0 aliphatic heterocycles. The highest BCUT2D eigenvalue weighted by atomic mass is 79.9. The summed E-state index contributed by atoms with van der Waals surface area (Å²) in [7, 11) is 1.61. The Balaban J connectivity index is 2.10. The zero-order valence-corrected chi connectivity index (χ0v) is 12.9. The average molecular weight is 336 g/mol. The van der Waals surface area contributed by atoms with Crippen molar-refractivity contribution in [3.63, 3.8) is 0 Å². The van der Waals surface area contributed by atoms with E-state index in [0.29, 0.717) is 6.42 Å². The van der Waals surface area contributed by atoms with Gasteiger partial charge in [0.2, 0.25) is 0 Å². The van der Waals surface area contributed by atoms with E-state index in [4.69, 9.17) is 10.5 Å². The zero-order chi connectivity index (χ0) is 14.5. The molecule has 0 aromatic heterocycles. The topological polar surface area (TPSA) is 55.5 Å². The first kappa shape index (κ1) is 15.0. The summed E-state index contributed by atoms with van der Waals surface area (Å²) in [6.07, 6.45) is -0.0801. The van der Waals surface area contributed by atoms with Crippen LogP contribution in [0.5, 0.6) is 5.75 Å². The molecule has 0 aliphatic carbocycles. The number of hydrogen-bond acceptors (Lipinski definition) is 3. The van der Waals surface area contributed by atoms with Gasteiger partial charge >= 0.3 is 0 Å². The summed E-state index contributed by atoms with van der Waals surface area (Å²) in [6.45, 7) is 0. The van der Waals surface area contributed by atoms with Crippen molar-refractivity contribution in [3.8, 4) is 5.75 Å². The molecule has 0 bridgehead atoms. The van der Waals surface area contributed by atoms with Crippen LogP contribution >= 0.6 is 15.9 Å². The molecular formula is C16H18BrNO2. The highest BCUT2D eigenvalue weighted by Gasteiger charge is 2.18. The maximum Gasteiger partial charge on any atom is 0.133 e. The van der Waals surface area contributed by atoms with E-state index in [-0.39, 0.29) is 6.04 Å². The van der Waals surface area contributed by atoms with E-state index in [1.54, 1.807) is 7.11 Å². The van der Waals surface area contributed by atoms with Crippen LogP contribution in [-0.2, 0) is 6.42 Å². The van der Waals surface area contributed by atoms with Crippen molar-refractivity contribution in [2.45, 2.75) is 18.6 Å². The Morgan fingerprint density at radius 3 is 2.50 bits per heavy atom. The van der Waals surface area contributed by atoms with E-state index >= 15 is 0 Å². The Bertz CT molecular complexity index is 560. The van der Waals surface area contributed by atoms with Crippen LogP contribution in [0.1, 0.15) is 17.2 Å². The lowest BCUT2D eigenvalue weighted by Crippen LogP contribution is -2.30. The van der Waals surface area contributed by atoms with Gasteiger partial charge in [-0.2, -0.15) is 0 Å². The van der Waals surface area contributed by atoms with Gasteiger partial charge in [0.25, 0.3) is 0 Å². The van der Waals surface area contributed by atoms with Crippen LogP contribution < -0.4 is 10.5 Å². The fraction of sp³-hybridized carbons (Fsp3) is 0.250. The van der Waals surface area contributed by atoms with Gasteiger partial charge in [-0.15, -0.1) is 0 Å². The molecule has 0 aliphatic rings. The summed E-state index contributed by atoms with van der Waals surface area (Å²) >= 11 is 3.41. The zero-order valence-electron chi connectivity index (χ0n) is 11.3. The van der Waals surface area contributed by atoms with Gasteiger partial charge < -0.3 is 15.6 Å². The summed E-state index contributed by atoms with van der Waals surface area (Å²) < 4.78 is 5.98. The van der Waals surface area contributed by atoms with Gasteiger partial charge in [0.15, 0.2) is 0 Å². The molecule has 2 atom stereocenters. The summed E-state index contributed by atoms with van der Waals surface area (Å²) in [5.74, 6) is 0.734. The normalized spacial score (nSPS) is 13.8. The van der Waals surface area contributed by atoms with Crippen LogP contribution in [0.4, 0.5) is 0 Å². The minimum absolute atomic E-state index is 0.349. The largest absolute Gasteiger partial charge is 0.496 e. The third-order valence-electron chi connectivity index (χ3n) is 3.24. The lowest BCUT2D eigenvalue weighted by Gasteiger charge is -2.20. The predicted octanol–water partition coefficient (Wildman–Crippen LogP) is 3.06. The van der Waals surface area contributed by atoms with Crippen LogP contribution in [0.3, 0.4) is 0 Å². The number of rotatable bonds is 5. The number of aliphatic hydroxyl groups excluding tert-OH is 1. The molecular weight excluding hydrogens is 318 g/mol. The van der Waals surface area contributed by atoms with Gasteiger partial charge in [-0.05, 0) is 45.6 Å². The monoisotopic (exact) mass is 335 g/mol. The molecule has 2 unspecified atom stereocenters. The Hall–Kier alpha value is -1.36. The minimum atomic E-state index is -0.711. The Kier molecular flexibility index (Phi) is 5.17. The second kappa shape index (κ2) is 6.88. The SMILES string of the molecule is COc1ccc(C(O)C(N)Cc2ccccc2)cc1Br. The van der Waals surface area contributed by atoms with Crippen LogP contribution in [0.15, 0.2) is 53.0 Å². The lowest BCUT2D eigenvalue weighted by molar-refractivity contribution is 0.146. The Morgan fingerprint density at radius 1 is 1.20 bits per heavy atom. The molecule has 4 heteroatoms. The molecule has 20 heavy (non-hydrogen) atoms. The molecule has 0 spiro atoms. The molecule has 0 fully saturated rings. The van der Waals surface area contributed by atoms with Crippen molar-refractivity contribution in [2.75, 3.05) is 7.11 Å². The van der Waals surface area contributed by atoms with Crippen molar-refractivity contribution >= 4 is 15.9 Å². The van der Waals surface area contributed by atoms with E-state index < -0.39 is 6.10 Å². The predicted molar refractivity (Wildman–Crippen MR) is 83.8 cm³/mol. The van der Waals surface area contributed by atoms with E-state index in [0.717, 1.165) is 21.3 Å². The second-order valence-electron chi connectivity index (χ2n) is 4.69. The van der Waals surface area contributed by atoms with Gasteiger partial charge in [-0.1, -0.05) is 36.4 Å². The molecule has 3 N–H and O–H groups in total. The number of ether oxygens (including phenoxy) is 1. The minimum Gasteiger partial charge on any atom is -0.496 e. The molecule has 2 rings (SSSR count). The van der Waals surface area contributed by atoms with Crippen LogP contribution in [-0.4, -0.2) is 18.3 Å². The highest BCUT2D eigenvalue weighted by molar-refractivity contribution is 9.10. The summed E-state index contributed by atoms with van der Waals surface area (Å²) in [4.78, 5) is 0. The van der Waals surface area contributed by atoms with Gasteiger partial charge in [0.05, 0.1) is 17.7 Å². The second-order valence-corrected chi connectivity index (χ2v) is 5.55. The van der Waals surface area contributed by atoms with E-state index in [1.165, 1.54) is 0 Å². The van der Waals surface area contributed by atoms with Gasteiger partial charge in [-0.25, -0.2) is 0 Å². The number of methoxy groups -OCH3 is 1. The van der Waals surface area contributed by atoms with Crippen molar-refractivity contribution in [2.24, 2.45) is 5.73 Å². The van der Waals surface area contributed by atoms with Crippen molar-refractivity contribution in [1.29, 1.82) is 0 Å². The third-order valence-corrected chi connectivity index (χ3v) is 3.86. The molecule has 0 saturated carbocycles. The van der Waals surface area contributed by atoms with Crippen LogP contribution in [0.2, 0.25) is 0 Å². The summed E-state index contributed by atoms with van der Waals surface area (Å²) in [5, 5.41) is 10.4.